The molecule has 7 N–H and O–H groups in total. The molecule has 0 radical (unpaired) electrons. The fourth-order valence-electron chi connectivity index (χ4n) is 5.88. The molecule has 0 aromatic heterocycles. The molecule has 1 fully saturated rings. The number of ether oxygens (including phenoxy) is 1. The predicted octanol–water partition coefficient (Wildman–Crippen LogP) is 3.84. The van der Waals surface area contributed by atoms with Gasteiger partial charge < -0.3 is 36.3 Å². The van der Waals surface area contributed by atoms with Crippen LogP contribution >= 0.6 is 0 Å². The van der Waals surface area contributed by atoms with Crippen LogP contribution < -0.4 is 21.3 Å². The minimum Gasteiger partial charge on any atom is -0.398 e. The number of rotatable bonds is 12. The third kappa shape index (κ3) is 9.20. The third-order valence-corrected chi connectivity index (χ3v) is 8.68. The molecular formula is C36H47N9O4. The summed E-state index contributed by atoms with van der Waals surface area (Å²) in [5.41, 5.74) is 10.8. The minimum absolute atomic E-state index is 0.0228. The number of allylic oxidation sites excluding steroid dienone is 1. The molecule has 4 rings (SSSR count). The van der Waals surface area contributed by atoms with Gasteiger partial charge in [0.1, 0.15) is 0 Å². The average Bonchev–Trinajstić information content (AvgIpc) is 3.57. The van der Waals surface area contributed by atoms with Crippen molar-refractivity contribution in [2.75, 3.05) is 56.9 Å². The molecule has 260 valence electrons. The first kappa shape index (κ1) is 36.5. The highest BCUT2D eigenvalue weighted by molar-refractivity contribution is 6.24. The average molecular weight is 670 g/mol. The van der Waals surface area contributed by atoms with Crippen molar-refractivity contribution in [1.82, 2.24) is 20.4 Å². The van der Waals surface area contributed by atoms with Gasteiger partial charge in [0, 0.05) is 79.8 Å². The summed E-state index contributed by atoms with van der Waals surface area (Å²) in [6.07, 6.45) is 5.43. The third-order valence-electron chi connectivity index (χ3n) is 8.68. The van der Waals surface area contributed by atoms with Crippen molar-refractivity contribution in [1.29, 1.82) is 16.2 Å². The Hall–Kier alpha value is -5.30. The Morgan fingerprint density at radius 2 is 1.86 bits per heavy atom. The van der Waals surface area contributed by atoms with Crippen molar-refractivity contribution < 1.29 is 19.1 Å². The molecule has 0 bridgehead atoms. The summed E-state index contributed by atoms with van der Waals surface area (Å²) in [6, 6.07) is 12.6. The van der Waals surface area contributed by atoms with Gasteiger partial charge in [0.15, 0.2) is 0 Å². The summed E-state index contributed by atoms with van der Waals surface area (Å²) in [6.45, 7) is 8.73. The number of anilines is 2. The molecule has 0 aliphatic carbocycles. The van der Waals surface area contributed by atoms with Crippen molar-refractivity contribution >= 4 is 52.7 Å². The van der Waals surface area contributed by atoms with E-state index in [1.807, 2.05) is 48.8 Å². The lowest BCUT2D eigenvalue weighted by atomic mass is 9.98. The molecule has 13 heteroatoms. The summed E-state index contributed by atoms with van der Waals surface area (Å²) in [7, 11) is 1.43. The first-order valence-corrected chi connectivity index (χ1v) is 16.5. The number of benzene rings is 2. The molecule has 2 aliphatic rings. The van der Waals surface area contributed by atoms with E-state index in [2.05, 4.69) is 10.6 Å². The number of hydrogen-bond acceptors (Lipinski definition) is 10. The number of nitrogen functional groups attached to an aromatic ring is 1. The topological polar surface area (TPSA) is 192 Å². The maximum absolute atomic E-state index is 13.8. The maximum Gasteiger partial charge on any atom is 0.413 e. The van der Waals surface area contributed by atoms with Crippen LogP contribution in [0.2, 0.25) is 0 Å². The molecule has 0 unspecified atom stereocenters. The first-order valence-electron chi connectivity index (χ1n) is 16.5. The van der Waals surface area contributed by atoms with Gasteiger partial charge in [0.25, 0.3) is 0 Å². The van der Waals surface area contributed by atoms with Gasteiger partial charge in [-0.25, -0.2) is 4.79 Å². The largest absolute Gasteiger partial charge is 0.413 e. The van der Waals surface area contributed by atoms with Gasteiger partial charge in [-0.2, -0.15) is 0 Å². The number of hydrogen-bond donors (Lipinski definition) is 6. The van der Waals surface area contributed by atoms with E-state index in [4.69, 9.17) is 26.7 Å². The molecule has 0 saturated carbocycles. The van der Waals surface area contributed by atoms with Crippen LogP contribution in [0.1, 0.15) is 50.3 Å². The fraction of sp³-hybridized carbons (Fsp3) is 0.389. The highest BCUT2D eigenvalue weighted by atomic mass is 16.6. The predicted molar refractivity (Wildman–Crippen MR) is 193 cm³/mol. The maximum atomic E-state index is 13.8. The van der Waals surface area contributed by atoms with E-state index in [1.54, 1.807) is 41.4 Å². The van der Waals surface area contributed by atoms with Crippen molar-refractivity contribution in [3.8, 4) is 0 Å². The fourth-order valence-corrected chi connectivity index (χ4v) is 5.88. The highest BCUT2D eigenvalue weighted by Crippen LogP contribution is 2.28. The van der Waals surface area contributed by atoms with Crippen LogP contribution in [-0.2, 0) is 14.3 Å². The van der Waals surface area contributed by atoms with Crippen LogP contribution in [0.5, 0.6) is 0 Å². The van der Waals surface area contributed by atoms with Gasteiger partial charge in [-0.05, 0) is 81.6 Å². The Balaban J connectivity index is 1.33. The summed E-state index contributed by atoms with van der Waals surface area (Å²) < 4.78 is 4.89. The first-order chi connectivity index (χ1) is 23.4. The number of nitrogens with two attached hydrogens (primary N) is 1. The molecule has 1 saturated heterocycles. The van der Waals surface area contributed by atoms with Gasteiger partial charge in [-0.3, -0.25) is 25.3 Å². The van der Waals surface area contributed by atoms with Gasteiger partial charge in [-0.15, -0.1) is 0 Å². The number of likely N-dealkylation sites (tertiary alicyclic amines) is 1. The molecule has 2 aromatic rings. The van der Waals surface area contributed by atoms with E-state index in [0.717, 1.165) is 17.4 Å². The van der Waals surface area contributed by atoms with Gasteiger partial charge in [0.05, 0.1) is 18.2 Å². The van der Waals surface area contributed by atoms with Crippen LogP contribution in [0, 0.1) is 22.1 Å². The van der Waals surface area contributed by atoms with E-state index in [9.17, 15) is 14.4 Å². The SMILES string of the molecule is CCN(C(=O)[C@@H]1CCN(CC(=O)N2CC=C(c3ccc(C(=N)OC(=O)NC)cc3)CC2)C1)c1ccc(N)c(C(=N)/C(C=N)=C/NC(C)C)c1. The van der Waals surface area contributed by atoms with E-state index >= 15 is 0 Å². The van der Waals surface area contributed by atoms with Crippen LogP contribution in [0.25, 0.3) is 5.57 Å². The number of carbonyl (C=O) groups excluding carboxylic acids is 3. The zero-order valence-corrected chi connectivity index (χ0v) is 28.6. The Morgan fingerprint density at radius 3 is 2.47 bits per heavy atom. The number of alkyl carbamates (subject to hydrolysis) is 1. The Morgan fingerprint density at radius 1 is 1.12 bits per heavy atom. The van der Waals surface area contributed by atoms with Crippen LogP contribution in [0.4, 0.5) is 16.2 Å². The van der Waals surface area contributed by atoms with Crippen molar-refractivity contribution in [3.05, 3.63) is 77.0 Å². The second-order valence-corrected chi connectivity index (χ2v) is 12.4. The monoisotopic (exact) mass is 669 g/mol. The second kappa shape index (κ2) is 16.7. The molecular weight excluding hydrogens is 622 g/mol. The van der Waals surface area contributed by atoms with Gasteiger partial charge >= 0.3 is 6.09 Å². The van der Waals surface area contributed by atoms with Gasteiger partial charge in [-0.1, -0.05) is 18.2 Å². The van der Waals surface area contributed by atoms with Gasteiger partial charge in [0.2, 0.25) is 17.7 Å². The zero-order chi connectivity index (χ0) is 35.7. The minimum atomic E-state index is -0.693. The molecule has 2 heterocycles. The molecule has 2 aromatic carbocycles. The Bertz CT molecular complexity index is 1650. The zero-order valence-electron chi connectivity index (χ0n) is 28.6. The second-order valence-electron chi connectivity index (χ2n) is 12.4. The summed E-state index contributed by atoms with van der Waals surface area (Å²) in [5.74, 6) is -0.504. The summed E-state index contributed by atoms with van der Waals surface area (Å²) >= 11 is 0. The van der Waals surface area contributed by atoms with Crippen LogP contribution in [0.3, 0.4) is 0 Å². The number of amides is 3. The van der Waals surface area contributed by atoms with E-state index < -0.39 is 6.09 Å². The Labute approximate surface area is 287 Å². The normalized spacial score (nSPS) is 16.5. The lowest BCUT2D eigenvalue weighted by Gasteiger charge is -2.29. The number of carbonyl (C=O) groups is 3. The molecule has 49 heavy (non-hydrogen) atoms. The van der Waals surface area contributed by atoms with Crippen LogP contribution in [0.15, 0.2) is 60.3 Å². The van der Waals surface area contributed by atoms with E-state index in [1.165, 1.54) is 7.05 Å². The molecule has 2 aliphatic heterocycles. The van der Waals surface area contributed by atoms with E-state index in [-0.39, 0.29) is 41.9 Å². The quantitative estimate of drug-likeness (QED) is 0.112. The standard InChI is InChI=1S/C36H47N9O4/c1-5-45(29-10-11-31(38)30(18-29)33(39)28(19-37)20-42-23(2)3)35(47)27-12-15-43(21-27)22-32(46)44-16-13-25(14-17-44)24-6-8-26(9-7-24)34(40)49-36(48)41-4/h6-11,13,18-20,23,27,37,39-40,42H,5,12,14-17,21-22,38H2,1-4H3,(H,41,48)/b28-20+,37-19?,39-33?,40-34?/t27-/m1/s1. The van der Waals surface area contributed by atoms with Crippen molar-refractivity contribution in [3.63, 3.8) is 0 Å². The lowest BCUT2D eigenvalue weighted by molar-refractivity contribution is -0.132. The van der Waals surface area contributed by atoms with Crippen molar-refractivity contribution in [2.45, 2.75) is 39.7 Å². The number of nitrogens with zero attached hydrogens (tertiary/aromatic N) is 3. The molecule has 0 spiro atoms. The summed E-state index contributed by atoms with van der Waals surface area (Å²) in [4.78, 5) is 44.0. The van der Waals surface area contributed by atoms with Crippen molar-refractivity contribution in [2.24, 2.45) is 5.92 Å². The van der Waals surface area contributed by atoms with E-state index in [0.29, 0.717) is 73.6 Å². The molecule has 3 amide bonds. The smallest absolute Gasteiger partial charge is 0.398 e. The lowest BCUT2D eigenvalue weighted by Crippen LogP contribution is -2.42. The highest BCUT2D eigenvalue weighted by Gasteiger charge is 2.33. The molecule has 13 nitrogen and oxygen atoms in total. The van der Waals surface area contributed by atoms with Crippen LogP contribution in [-0.4, -0.2) is 97.9 Å². The summed E-state index contributed by atoms with van der Waals surface area (Å²) in [5, 5.41) is 29.9. The Kier molecular flexibility index (Phi) is 12.4. The number of nitrogens with one attached hydrogen (secondary N) is 5. The molecule has 1 atom stereocenters.